The van der Waals surface area contributed by atoms with E-state index in [0.29, 0.717) is 17.7 Å². The van der Waals surface area contributed by atoms with Crippen molar-refractivity contribution in [3.05, 3.63) is 48.6 Å². The van der Waals surface area contributed by atoms with Crippen LogP contribution in [-0.2, 0) is 0 Å². The summed E-state index contributed by atoms with van der Waals surface area (Å²) in [5.74, 6) is 0. The number of carbonyl (C=O) groups is 1. The van der Waals surface area contributed by atoms with E-state index in [-0.39, 0.29) is 0 Å². The molecule has 0 aliphatic rings. The van der Waals surface area contributed by atoms with Gasteiger partial charge in [-0.2, -0.15) is 0 Å². The quantitative estimate of drug-likeness (QED) is 0.628. The van der Waals surface area contributed by atoms with Crippen LogP contribution in [0.4, 0.5) is 0 Å². The van der Waals surface area contributed by atoms with Gasteiger partial charge in [-0.05, 0) is 12.1 Å². The van der Waals surface area contributed by atoms with E-state index < -0.39 is 0 Å². The lowest BCUT2D eigenvalue weighted by Crippen LogP contribution is -1.90. The molecule has 4 heteroatoms. The number of fused-ring (bicyclic) bond motifs is 1. The summed E-state index contributed by atoms with van der Waals surface area (Å²) in [6, 6.07) is 9.33. The van der Waals surface area contributed by atoms with E-state index in [2.05, 4.69) is 9.97 Å². The van der Waals surface area contributed by atoms with E-state index in [1.54, 1.807) is 12.3 Å². The maximum Gasteiger partial charge on any atom is 0.168 e. The minimum atomic E-state index is 0.361. The lowest BCUT2D eigenvalue weighted by Gasteiger charge is -1.97. The van der Waals surface area contributed by atoms with Crippen molar-refractivity contribution in [1.29, 1.82) is 0 Å². The molecule has 0 fully saturated rings. The summed E-state index contributed by atoms with van der Waals surface area (Å²) >= 11 is 0. The van der Waals surface area contributed by atoms with E-state index in [1.807, 2.05) is 24.3 Å². The van der Waals surface area contributed by atoms with Crippen LogP contribution in [0.2, 0.25) is 0 Å². The van der Waals surface area contributed by atoms with Crippen LogP contribution in [0, 0.1) is 0 Å². The Bertz CT molecular complexity index is 688. The van der Waals surface area contributed by atoms with Crippen LogP contribution in [0.25, 0.3) is 22.2 Å². The van der Waals surface area contributed by atoms with Gasteiger partial charge in [0.05, 0.1) is 5.69 Å². The number of aldehydes is 1. The first-order valence-corrected chi connectivity index (χ1v) is 5.12. The van der Waals surface area contributed by atoms with E-state index in [0.717, 1.165) is 16.5 Å². The predicted molar refractivity (Wildman–Crippen MR) is 62.6 cm³/mol. The van der Waals surface area contributed by atoms with Crippen molar-refractivity contribution in [1.82, 2.24) is 9.97 Å². The molecule has 0 spiro atoms. The van der Waals surface area contributed by atoms with Crippen molar-refractivity contribution in [2.75, 3.05) is 0 Å². The fourth-order valence-corrected chi connectivity index (χ4v) is 1.76. The Kier molecular flexibility index (Phi) is 2.19. The molecule has 0 saturated heterocycles. The average Bonchev–Trinajstić information content (AvgIpc) is 2.82. The van der Waals surface area contributed by atoms with Crippen LogP contribution in [0.15, 0.2) is 47.3 Å². The topological polar surface area (TPSA) is 56.0 Å². The van der Waals surface area contributed by atoms with E-state index in [9.17, 15) is 4.79 Å². The van der Waals surface area contributed by atoms with Crippen molar-refractivity contribution in [2.24, 2.45) is 0 Å². The summed E-state index contributed by atoms with van der Waals surface area (Å²) in [4.78, 5) is 18.7. The highest BCUT2D eigenvalue weighted by molar-refractivity contribution is 5.93. The summed E-state index contributed by atoms with van der Waals surface area (Å²) < 4.78 is 5.43. The number of hydrogen-bond donors (Lipinski definition) is 0. The van der Waals surface area contributed by atoms with Gasteiger partial charge in [0.1, 0.15) is 23.9 Å². The summed E-state index contributed by atoms with van der Waals surface area (Å²) in [7, 11) is 0. The molecule has 1 aromatic carbocycles. The van der Waals surface area contributed by atoms with Crippen LogP contribution in [-0.4, -0.2) is 16.3 Å². The van der Waals surface area contributed by atoms with E-state index in [1.165, 1.54) is 6.33 Å². The molecule has 2 aromatic heterocycles. The zero-order valence-corrected chi connectivity index (χ0v) is 8.83. The highest BCUT2D eigenvalue weighted by Crippen LogP contribution is 2.28. The summed E-state index contributed by atoms with van der Waals surface area (Å²) in [6.45, 7) is 0. The molecule has 0 saturated carbocycles. The second-order valence-electron chi connectivity index (χ2n) is 3.59. The Morgan fingerprint density at radius 1 is 1.18 bits per heavy atom. The van der Waals surface area contributed by atoms with Crippen molar-refractivity contribution >= 4 is 17.3 Å². The number of aromatic nitrogens is 2. The Labute approximate surface area is 96.9 Å². The molecule has 0 atom stereocenters. The van der Waals surface area contributed by atoms with Gasteiger partial charge in [0.2, 0.25) is 0 Å². The third-order valence-corrected chi connectivity index (χ3v) is 2.57. The Hall–Kier alpha value is -2.49. The second-order valence-corrected chi connectivity index (χ2v) is 3.59. The maximum atomic E-state index is 10.7. The van der Waals surface area contributed by atoms with Gasteiger partial charge in [-0.3, -0.25) is 4.79 Å². The molecule has 17 heavy (non-hydrogen) atoms. The second kappa shape index (κ2) is 3.83. The van der Waals surface area contributed by atoms with Gasteiger partial charge in [0.15, 0.2) is 6.29 Å². The van der Waals surface area contributed by atoms with Gasteiger partial charge >= 0.3 is 0 Å². The average molecular weight is 224 g/mol. The van der Waals surface area contributed by atoms with Crippen LogP contribution in [0.5, 0.6) is 0 Å². The van der Waals surface area contributed by atoms with Crippen LogP contribution in [0.1, 0.15) is 10.5 Å². The number of carbonyl (C=O) groups excluding carboxylic acids is 1. The first-order chi connectivity index (χ1) is 8.38. The van der Waals surface area contributed by atoms with Gasteiger partial charge < -0.3 is 4.42 Å². The number of furan rings is 1. The smallest absolute Gasteiger partial charge is 0.168 e. The van der Waals surface area contributed by atoms with Crippen molar-refractivity contribution in [2.45, 2.75) is 0 Å². The van der Waals surface area contributed by atoms with Gasteiger partial charge in [-0.15, -0.1) is 0 Å². The molecule has 3 rings (SSSR count). The van der Waals surface area contributed by atoms with Crippen molar-refractivity contribution in [3.63, 3.8) is 0 Å². The molecule has 0 N–H and O–H groups in total. The SMILES string of the molecule is O=Cc1cc(-c2coc3ccccc23)ncn1. The Morgan fingerprint density at radius 3 is 2.94 bits per heavy atom. The molecule has 2 heterocycles. The molecular weight excluding hydrogens is 216 g/mol. The number of nitrogens with zero attached hydrogens (tertiary/aromatic N) is 2. The van der Waals surface area contributed by atoms with Gasteiger partial charge in [0, 0.05) is 10.9 Å². The zero-order chi connectivity index (χ0) is 11.7. The zero-order valence-electron chi connectivity index (χ0n) is 8.83. The summed E-state index contributed by atoms with van der Waals surface area (Å²) in [5, 5.41) is 0.975. The molecule has 0 radical (unpaired) electrons. The third kappa shape index (κ3) is 1.59. The molecular formula is C13H8N2O2. The number of benzene rings is 1. The van der Waals surface area contributed by atoms with Crippen molar-refractivity contribution in [3.8, 4) is 11.3 Å². The van der Waals surface area contributed by atoms with Gasteiger partial charge in [-0.25, -0.2) is 9.97 Å². The molecule has 82 valence electrons. The standard InChI is InChI=1S/C13H8N2O2/c16-6-9-5-12(15-8-14-9)11-7-17-13-4-2-1-3-10(11)13/h1-8H. The molecule has 3 aromatic rings. The van der Waals surface area contributed by atoms with Crippen LogP contribution < -0.4 is 0 Å². The lowest BCUT2D eigenvalue weighted by molar-refractivity contribution is 0.111. The number of para-hydroxylation sites is 1. The molecule has 0 aliphatic carbocycles. The van der Waals surface area contributed by atoms with E-state index >= 15 is 0 Å². The van der Waals surface area contributed by atoms with Crippen molar-refractivity contribution < 1.29 is 9.21 Å². The summed E-state index contributed by atoms with van der Waals surface area (Å²) in [5.41, 5.74) is 2.71. The minimum Gasteiger partial charge on any atom is -0.464 e. The number of hydrogen-bond acceptors (Lipinski definition) is 4. The first-order valence-electron chi connectivity index (χ1n) is 5.12. The molecule has 0 aliphatic heterocycles. The molecule has 0 amide bonds. The predicted octanol–water partition coefficient (Wildman–Crippen LogP) is 2.70. The summed E-state index contributed by atoms with van der Waals surface area (Å²) in [6.07, 6.45) is 3.72. The normalized spacial score (nSPS) is 10.6. The highest BCUT2D eigenvalue weighted by Gasteiger charge is 2.09. The fourth-order valence-electron chi connectivity index (χ4n) is 1.76. The first kappa shape index (κ1) is 9.72. The Balaban J connectivity index is 2.23. The Morgan fingerprint density at radius 2 is 2.06 bits per heavy atom. The monoisotopic (exact) mass is 224 g/mol. The highest BCUT2D eigenvalue weighted by atomic mass is 16.3. The molecule has 0 unspecified atom stereocenters. The molecule has 0 bridgehead atoms. The number of rotatable bonds is 2. The van der Waals surface area contributed by atoms with Gasteiger partial charge in [0.25, 0.3) is 0 Å². The lowest BCUT2D eigenvalue weighted by atomic mass is 10.1. The minimum absolute atomic E-state index is 0.361. The van der Waals surface area contributed by atoms with Gasteiger partial charge in [-0.1, -0.05) is 18.2 Å². The third-order valence-electron chi connectivity index (χ3n) is 2.57. The van der Waals surface area contributed by atoms with Crippen LogP contribution in [0.3, 0.4) is 0 Å². The maximum absolute atomic E-state index is 10.7. The van der Waals surface area contributed by atoms with Crippen LogP contribution >= 0.6 is 0 Å². The van der Waals surface area contributed by atoms with E-state index in [4.69, 9.17) is 4.42 Å². The molecule has 4 nitrogen and oxygen atoms in total. The fraction of sp³-hybridized carbons (Fsp3) is 0. The largest absolute Gasteiger partial charge is 0.464 e.